The number of ether oxygens (including phenoxy) is 3. The van der Waals surface area contributed by atoms with Gasteiger partial charge >= 0.3 is 18.0 Å². The number of rotatable bonds is 7. The van der Waals surface area contributed by atoms with E-state index in [9.17, 15) is 14.4 Å². The van der Waals surface area contributed by atoms with E-state index >= 15 is 0 Å². The number of amides is 2. The van der Waals surface area contributed by atoms with Gasteiger partial charge in [0.2, 0.25) is 0 Å². The normalized spacial score (nSPS) is 12.5. The van der Waals surface area contributed by atoms with Gasteiger partial charge < -0.3 is 40.2 Å². The van der Waals surface area contributed by atoms with E-state index in [0.717, 1.165) is 7.11 Å². The van der Waals surface area contributed by atoms with Crippen molar-refractivity contribution in [3.8, 4) is 17.6 Å². The van der Waals surface area contributed by atoms with Crippen LogP contribution in [0.5, 0.6) is 5.75 Å². The van der Waals surface area contributed by atoms with Gasteiger partial charge in [0.1, 0.15) is 24.0 Å². The van der Waals surface area contributed by atoms with Crippen molar-refractivity contribution in [2.75, 3.05) is 13.7 Å². The minimum Gasteiger partial charge on any atom is -0.481 e. The number of aliphatic hydroxyl groups is 3. The van der Waals surface area contributed by atoms with E-state index in [0.29, 0.717) is 5.75 Å². The molecule has 0 heterocycles. The predicted octanol–water partition coefficient (Wildman–Crippen LogP) is 0.274. The Balaban J connectivity index is 2.89. The maximum Gasteiger partial charge on any atom is 0.408 e. The van der Waals surface area contributed by atoms with Crippen molar-refractivity contribution in [1.29, 1.82) is 0 Å². The molecule has 0 aliphatic heterocycles. The van der Waals surface area contributed by atoms with Crippen LogP contribution < -0.4 is 15.4 Å². The van der Waals surface area contributed by atoms with Crippen LogP contribution in [0.1, 0.15) is 45.0 Å². The molecule has 0 spiro atoms. The molecule has 0 saturated carbocycles. The first-order chi connectivity index (χ1) is 15.0. The lowest BCUT2D eigenvalue weighted by Gasteiger charge is -2.34. The van der Waals surface area contributed by atoms with Gasteiger partial charge in [0.25, 0.3) is 5.91 Å². The Kier molecular flexibility index (Phi) is 9.24. The number of esters is 1. The van der Waals surface area contributed by atoms with Gasteiger partial charge in [0, 0.05) is 5.56 Å². The highest BCUT2D eigenvalue weighted by Gasteiger charge is 2.39. The molecule has 11 nitrogen and oxygen atoms in total. The van der Waals surface area contributed by atoms with Crippen LogP contribution in [-0.4, -0.2) is 70.2 Å². The van der Waals surface area contributed by atoms with Crippen molar-refractivity contribution in [2.24, 2.45) is 0 Å². The molecule has 0 aliphatic carbocycles. The standard InChI is InChI=1S/C22H30N2O9/c1-20(2,3)33-19(27)24-21(4,5)16(18(26)31-6)23-17(25)14-8-10-15(11-9-14)32-13-7-12-22(28,29)30/h8-11,16,28-30H,13H2,1-6H3,(H,23,25)(H,24,27). The van der Waals surface area contributed by atoms with Gasteiger partial charge in [-0.05, 0) is 64.8 Å². The number of carbonyl (C=O) groups excluding carboxylic acids is 3. The Hall–Kier alpha value is -3.33. The van der Waals surface area contributed by atoms with Crippen LogP contribution in [0.3, 0.4) is 0 Å². The molecule has 0 saturated heterocycles. The summed E-state index contributed by atoms with van der Waals surface area (Å²) in [4.78, 5) is 37.2. The highest BCUT2D eigenvalue weighted by molar-refractivity contribution is 5.97. The van der Waals surface area contributed by atoms with Crippen molar-refractivity contribution in [1.82, 2.24) is 10.6 Å². The quantitative estimate of drug-likeness (QED) is 0.216. The van der Waals surface area contributed by atoms with Crippen LogP contribution in [0.15, 0.2) is 24.3 Å². The van der Waals surface area contributed by atoms with E-state index in [2.05, 4.69) is 16.6 Å². The van der Waals surface area contributed by atoms with Gasteiger partial charge in [0.15, 0.2) is 0 Å². The Bertz CT molecular complexity index is 901. The molecule has 1 rings (SSSR count). The molecule has 0 aliphatic rings. The summed E-state index contributed by atoms with van der Waals surface area (Å²) >= 11 is 0. The van der Waals surface area contributed by atoms with E-state index in [1.807, 2.05) is 0 Å². The Morgan fingerprint density at radius 1 is 1.03 bits per heavy atom. The Labute approximate surface area is 192 Å². The van der Waals surface area contributed by atoms with Gasteiger partial charge in [-0.15, -0.1) is 0 Å². The number of hydrogen-bond acceptors (Lipinski definition) is 9. The summed E-state index contributed by atoms with van der Waals surface area (Å²) in [7, 11) is 1.16. The minimum atomic E-state index is -3.10. The zero-order valence-electron chi connectivity index (χ0n) is 19.4. The van der Waals surface area contributed by atoms with Gasteiger partial charge in [0.05, 0.1) is 12.6 Å². The number of nitrogens with one attached hydrogen (secondary N) is 2. The molecule has 182 valence electrons. The average Bonchev–Trinajstić information content (AvgIpc) is 2.66. The summed E-state index contributed by atoms with van der Waals surface area (Å²) < 4.78 is 15.2. The van der Waals surface area contributed by atoms with Gasteiger partial charge in [-0.3, -0.25) is 4.79 Å². The van der Waals surface area contributed by atoms with Crippen LogP contribution in [0.2, 0.25) is 0 Å². The second-order valence-electron chi connectivity index (χ2n) is 8.53. The van der Waals surface area contributed by atoms with E-state index in [4.69, 9.17) is 29.5 Å². The van der Waals surface area contributed by atoms with E-state index in [1.54, 1.807) is 26.7 Å². The third-order valence-electron chi connectivity index (χ3n) is 3.94. The number of methoxy groups -OCH3 is 1. The molecule has 2 amide bonds. The lowest BCUT2D eigenvalue weighted by Crippen LogP contribution is -2.62. The second-order valence-corrected chi connectivity index (χ2v) is 8.53. The lowest BCUT2D eigenvalue weighted by atomic mass is 9.94. The zero-order chi connectivity index (χ0) is 25.4. The summed E-state index contributed by atoms with van der Waals surface area (Å²) in [6.45, 7) is 7.91. The molecule has 0 aromatic heterocycles. The summed E-state index contributed by atoms with van der Waals surface area (Å²) in [6, 6.07) is 4.53. The van der Waals surface area contributed by atoms with Crippen LogP contribution in [0.25, 0.3) is 0 Å². The number of benzene rings is 1. The van der Waals surface area contributed by atoms with Crippen molar-refractivity contribution < 1.29 is 43.9 Å². The van der Waals surface area contributed by atoms with E-state index < -0.39 is 41.1 Å². The predicted molar refractivity (Wildman–Crippen MR) is 116 cm³/mol. The van der Waals surface area contributed by atoms with E-state index in [1.165, 1.54) is 38.1 Å². The molecular formula is C22H30N2O9. The molecule has 1 aromatic carbocycles. The molecule has 11 heteroatoms. The molecule has 0 radical (unpaired) electrons. The first-order valence-corrected chi connectivity index (χ1v) is 9.84. The molecule has 1 aromatic rings. The van der Waals surface area contributed by atoms with Crippen LogP contribution in [-0.2, 0) is 14.3 Å². The SMILES string of the molecule is COC(=O)C(NC(=O)c1ccc(OCC#CC(O)(O)O)cc1)C(C)(C)NC(=O)OC(C)(C)C. The first-order valence-electron chi connectivity index (χ1n) is 9.84. The lowest BCUT2D eigenvalue weighted by molar-refractivity contribution is -0.265. The highest BCUT2D eigenvalue weighted by atomic mass is 16.7. The number of alkyl carbamates (subject to hydrolysis) is 1. The summed E-state index contributed by atoms with van der Waals surface area (Å²) in [5.41, 5.74) is -1.82. The Morgan fingerprint density at radius 2 is 1.61 bits per heavy atom. The van der Waals surface area contributed by atoms with Crippen LogP contribution in [0.4, 0.5) is 4.79 Å². The van der Waals surface area contributed by atoms with Crippen molar-refractivity contribution in [2.45, 2.75) is 57.8 Å². The van der Waals surface area contributed by atoms with E-state index in [-0.39, 0.29) is 12.2 Å². The number of hydrogen-bond donors (Lipinski definition) is 5. The van der Waals surface area contributed by atoms with Crippen LogP contribution >= 0.6 is 0 Å². The Morgan fingerprint density at radius 3 is 2.09 bits per heavy atom. The first kappa shape index (κ1) is 27.7. The van der Waals surface area contributed by atoms with Crippen molar-refractivity contribution in [3.63, 3.8) is 0 Å². The number of carbonyl (C=O) groups is 3. The third kappa shape index (κ3) is 10.2. The van der Waals surface area contributed by atoms with Gasteiger partial charge in [-0.2, -0.15) is 0 Å². The fraction of sp³-hybridized carbons (Fsp3) is 0.500. The van der Waals surface area contributed by atoms with Crippen molar-refractivity contribution >= 4 is 18.0 Å². The monoisotopic (exact) mass is 466 g/mol. The molecule has 5 N–H and O–H groups in total. The second kappa shape index (κ2) is 11.0. The average molecular weight is 466 g/mol. The zero-order valence-corrected chi connectivity index (χ0v) is 19.4. The largest absolute Gasteiger partial charge is 0.481 e. The summed E-state index contributed by atoms with van der Waals surface area (Å²) in [6.07, 6.45) is -0.763. The molecule has 33 heavy (non-hydrogen) atoms. The molecule has 1 atom stereocenters. The fourth-order valence-corrected chi connectivity index (χ4v) is 2.48. The molecule has 0 fully saturated rings. The fourth-order valence-electron chi connectivity index (χ4n) is 2.48. The molecular weight excluding hydrogens is 436 g/mol. The summed E-state index contributed by atoms with van der Waals surface area (Å²) in [5.74, 6) is -0.216. The minimum absolute atomic E-state index is 0.190. The maximum absolute atomic E-state index is 12.7. The molecule has 1 unspecified atom stereocenters. The van der Waals surface area contributed by atoms with Crippen LogP contribution in [0, 0.1) is 11.8 Å². The van der Waals surface area contributed by atoms with Crippen molar-refractivity contribution in [3.05, 3.63) is 29.8 Å². The van der Waals surface area contributed by atoms with Gasteiger partial charge in [-0.25, -0.2) is 9.59 Å². The topological polar surface area (TPSA) is 164 Å². The molecule has 0 bridgehead atoms. The third-order valence-corrected chi connectivity index (χ3v) is 3.94. The maximum atomic E-state index is 12.7. The van der Waals surface area contributed by atoms with Gasteiger partial charge in [-0.1, -0.05) is 5.92 Å². The smallest absolute Gasteiger partial charge is 0.408 e. The summed E-state index contributed by atoms with van der Waals surface area (Å²) in [5, 5.41) is 31.1. The highest BCUT2D eigenvalue weighted by Crippen LogP contribution is 2.16.